The Kier molecular flexibility index (Phi) is 4.86. The van der Waals surface area contributed by atoms with E-state index >= 15 is 0 Å². The van der Waals surface area contributed by atoms with E-state index in [-0.39, 0.29) is 28.7 Å². The smallest absolute Gasteiger partial charge is 0.263 e. The van der Waals surface area contributed by atoms with E-state index in [1.165, 1.54) is 11.3 Å². The lowest BCUT2D eigenvalue weighted by atomic mass is 9.78. The molecule has 2 fully saturated rings. The molecule has 1 spiro atoms. The molecule has 2 aliphatic rings. The Labute approximate surface area is 190 Å². The molecule has 0 aliphatic carbocycles. The monoisotopic (exact) mass is 453 g/mol. The van der Waals surface area contributed by atoms with Crippen molar-refractivity contribution in [2.75, 3.05) is 26.3 Å². The van der Waals surface area contributed by atoms with Crippen molar-refractivity contribution in [3.63, 3.8) is 0 Å². The summed E-state index contributed by atoms with van der Waals surface area (Å²) in [5.74, 6) is -0.135. The summed E-state index contributed by atoms with van der Waals surface area (Å²) in [6.07, 6.45) is 3.31. The summed E-state index contributed by atoms with van der Waals surface area (Å²) in [5, 5.41) is 3.05. The number of amides is 2. The van der Waals surface area contributed by atoms with Gasteiger partial charge < -0.3 is 19.9 Å². The highest BCUT2D eigenvalue weighted by molar-refractivity contribution is 7.17. The third-order valence-corrected chi connectivity index (χ3v) is 7.59. The highest BCUT2D eigenvalue weighted by Gasteiger charge is 2.50. The molecule has 0 aromatic carbocycles. The van der Waals surface area contributed by atoms with Crippen molar-refractivity contribution in [1.82, 2.24) is 25.2 Å². The Hall–Kier alpha value is -2.78. The third-order valence-electron chi connectivity index (χ3n) is 6.50. The van der Waals surface area contributed by atoms with E-state index in [1.807, 2.05) is 24.0 Å². The summed E-state index contributed by atoms with van der Waals surface area (Å²) in [6.45, 7) is 11.3. The van der Waals surface area contributed by atoms with Crippen LogP contribution in [0.1, 0.15) is 47.7 Å². The number of nitrogens with zero attached hydrogens (tertiary/aromatic N) is 3. The van der Waals surface area contributed by atoms with Crippen LogP contribution in [0.25, 0.3) is 21.7 Å². The van der Waals surface area contributed by atoms with Crippen LogP contribution in [0.15, 0.2) is 24.5 Å². The number of likely N-dealkylation sites (tertiary alicyclic amines) is 1. The zero-order valence-corrected chi connectivity index (χ0v) is 19.5. The topological polar surface area (TPSA) is 100 Å². The predicted octanol–water partition coefficient (Wildman–Crippen LogP) is 3.32. The van der Waals surface area contributed by atoms with Gasteiger partial charge in [0.2, 0.25) is 0 Å². The molecular formula is C23H27N5O3S. The molecule has 0 bridgehead atoms. The number of ether oxygens (including phenoxy) is 1. The second-order valence-electron chi connectivity index (χ2n) is 10.0. The van der Waals surface area contributed by atoms with Crippen molar-refractivity contribution in [2.45, 2.75) is 33.7 Å². The van der Waals surface area contributed by atoms with E-state index in [9.17, 15) is 9.59 Å². The number of hydrogen-bond acceptors (Lipinski definition) is 6. The van der Waals surface area contributed by atoms with Crippen LogP contribution >= 0.6 is 11.3 Å². The number of aromatic nitrogens is 3. The molecule has 2 N–H and O–H groups in total. The maximum atomic E-state index is 12.9. The van der Waals surface area contributed by atoms with Gasteiger partial charge in [-0.25, -0.2) is 9.97 Å². The predicted molar refractivity (Wildman–Crippen MR) is 123 cm³/mol. The molecule has 3 aromatic rings. The van der Waals surface area contributed by atoms with Gasteiger partial charge in [-0.3, -0.25) is 9.59 Å². The molecule has 3 aromatic heterocycles. The SMILES string of the molecule is CC(NC(=O)c1c[nH]c2ncc(-c3ccc(C(=O)N4CC5(COC5)C4)s3)nc12)C(C)(C)C. The van der Waals surface area contributed by atoms with Gasteiger partial charge in [0, 0.05) is 25.3 Å². The first-order chi connectivity index (χ1) is 15.2. The number of thiophene rings is 1. The lowest BCUT2D eigenvalue weighted by Crippen LogP contribution is -2.67. The second kappa shape index (κ2) is 7.38. The highest BCUT2D eigenvalue weighted by atomic mass is 32.1. The minimum absolute atomic E-state index is 0.00546. The number of aromatic amines is 1. The van der Waals surface area contributed by atoms with Crippen LogP contribution < -0.4 is 5.32 Å². The molecule has 0 radical (unpaired) electrons. The molecule has 168 valence electrons. The van der Waals surface area contributed by atoms with Crippen molar-refractivity contribution >= 4 is 34.3 Å². The molecule has 5 rings (SSSR count). The number of rotatable bonds is 4. The van der Waals surface area contributed by atoms with Gasteiger partial charge in [0.25, 0.3) is 11.8 Å². The number of fused-ring (bicyclic) bond motifs is 1. The van der Waals surface area contributed by atoms with Gasteiger partial charge in [0.1, 0.15) is 5.52 Å². The van der Waals surface area contributed by atoms with Gasteiger partial charge >= 0.3 is 0 Å². The highest BCUT2D eigenvalue weighted by Crippen LogP contribution is 2.39. The maximum absolute atomic E-state index is 12.9. The summed E-state index contributed by atoms with van der Waals surface area (Å²) in [6, 6.07) is 3.73. The van der Waals surface area contributed by atoms with Crippen molar-refractivity contribution in [3.05, 3.63) is 35.0 Å². The fourth-order valence-electron chi connectivity index (χ4n) is 3.90. The zero-order chi connectivity index (χ0) is 22.7. The van der Waals surface area contributed by atoms with E-state index in [0.29, 0.717) is 27.3 Å². The molecule has 1 atom stereocenters. The quantitative estimate of drug-likeness (QED) is 0.631. The third kappa shape index (κ3) is 3.59. The summed E-state index contributed by atoms with van der Waals surface area (Å²) < 4.78 is 5.29. The average Bonchev–Trinajstić information content (AvgIpc) is 3.31. The van der Waals surface area contributed by atoms with Crippen LogP contribution in [0.5, 0.6) is 0 Å². The normalized spacial score (nSPS) is 18.3. The fraction of sp³-hybridized carbons (Fsp3) is 0.478. The zero-order valence-electron chi connectivity index (χ0n) is 18.7. The van der Waals surface area contributed by atoms with Crippen LogP contribution in [0.2, 0.25) is 0 Å². The maximum Gasteiger partial charge on any atom is 0.263 e. The minimum Gasteiger partial charge on any atom is -0.380 e. The minimum atomic E-state index is -0.182. The summed E-state index contributed by atoms with van der Waals surface area (Å²) in [7, 11) is 0. The van der Waals surface area contributed by atoms with Crippen molar-refractivity contribution in [2.24, 2.45) is 10.8 Å². The van der Waals surface area contributed by atoms with Crippen molar-refractivity contribution in [1.29, 1.82) is 0 Å². The van der Waals surface area contributed by atoms with Gasteiger partial charge in [-0.15, -0.1) is 11.3 Å². The van der Waals surface area contributed by atoms with E-state index < -0.39 is 0 Å². The molecule has 2 amide bonds. The van der Waals surface area contributed by atoms with Crippen LogP contribution in [-0.2, 0) is 4.74 Å². The number of nitrogens with one attached hydrogen (secondary N) is 2. The second-order valence-corrected chi connectivity index (χ2v) is 11.1. The lowest BCUT2D eigenvalue weighted by molar-refractivity contribution is -0.176. The molecule has 1 unspecified atom stereocenters. The number of carbonyl (C=O) groups is 2. The Morgan fingerprint density at radius 1 is 1.28 bits per heavy atom. The van der Waals surface area contributed by atoms with E-state index in [0.717, 1.165) is 31.2 Å². The first-order valence-electron chi connectivity index (χ1n) is 10.8. The van der Waals surface area contributed by atoms with Crippen molar-refractivity contribution in [3.8, 4) is 10.6 Å². The van der Waals surface area contributed by atoms with Gasteiger partial charge in [0.15, 0.2) is 5.65 Å². The lowest BCUT2D eigenvalue weighted by Gasteiger charge is -2.54. The molecule has 2 saturated heterocycles. The molecule has 5 heterocycles. The molecular weight excluding hydrogens is 426 g/mol. The van der Waals surface area contributed by atoms with Gasteiger partial charge in [-0.05, 0) is 24.5 Å². The van der Waals surface area contributed by atoms with Gasteiger partial charge in [-0.2, -0.15) is 0 Å². The van der Waals surface area contributed by atoms with Crippen LogP contribution in [0, 0.1) is 10.8 Å². The van der Waals surface area contributed by atoms with Crippen LogP contribution in [0.4, 0.5) is 0 Å². The van der Waals surface area contributed by atoms with E-state index in [2.05, 4.69) is 36.1 Å². The number of carbonyl (C=O) groups excluding carboxylic acids is 2. The van der Waals surface area contributed by atoms with Crippen LogP contribution in [0.3, 0.4) is 0 Å². The Balaban J connectivity index is 1.36. The Morgan fingerprint density at radius 2 is 2.03 bits per heavy atom. The first kappa shape index (κ1) is 21.1. The largest absolute Gasteiger partial charge is 0.380 e. The summed E-state index contributed by atoms with van der Waals surface area (Å²) >= 11 is 1.40. The van der Waals surface area contributed by atoms with E-state index in [1.54, 1.807) is 12.4 Å². The molecule has 32 heavy (non-hydrogen) atoms. The number of H-pyrrole nitrogens is 1. The average molecular weight is 454 g/mol. The standard InChI is InChI=1S/C23H27N5O3S/c1-13(22(2,3)4)26-20(29)14-7-24-19-18(14)27-15(8-25-19)16-5-6-17(32-16)21(30)28-9-23(10-28)11-31-12-23/h5-8,13H,9-12H2,1-4H3,(H,24,25)(H,26,29). The fourth-order valence-corrected chi connectivity index (χ4v) is 4.83. The molecule has 8 nitrogen and oxygen atoms in total. The van der Waals surface area contributed by atoms with Crippen molar-refractivity contribution < 1.29 is 14.3 Å². The summed E-state index contributed by atoms with van der Waals surface area (Å²) in [4.78, 5) is 41.2. The molecule has 2 aliphatic heterocycles. The van der Waals surface area contributed by atoms with Gasteiger partial charge in [0.05, 0.1) is 45.8 Å². The number of hydrogen-bond donors (Lipinski definition) is 2. The van der Waals surface area contributed by atoms with Gasteiger partial charge in [-0.1, -0.05) is 20.8 Å². The van der Waals surface area contributed by atoms with Crippen LogP contribution in [-0.4, -0.2) is 64.0 Å². The Bertz CT molecular complexity index is 1200. The molecule has 0 saturated carbocycles. The first-order valence-corrected chi connectivity index (χ1v) is 11.6. The summed E-state index contributed by atoms with van der Waals surface area (Å²) in [5.41, 5.74) is 2.33. The Morgan fingerprint density at radius 3 is 2.69 bits per heavy atom. The molecule has 9 heteroatoms. The van der Waals surface area contributed by atoms with E-state index in [4.69, 9.17) is 9.72 Å².